The second-order valence-electron chi connectivity index (χ2n) is 5.76. The van der Waals surface area contributed by atoms with Gasteiger partial charge in [-0.25, -0.2) is 9.67 Å². The standard InChI is InChI=1S/C15H17F2N5O3S/c16-14(17)22-3-1-10(21-22)9-6-19-12(13-18-2-4-26-13)20-11(9)5-15(25,7-23)8-24/h1-4,14,23-25H,5-8H2,(H,19,20). The van der Waals surface area contributed by atoms with E-state index >= 15 is 0 Å². The van der Waals surface area contributed by atoms with Gasteiger partial charge in [-0.1, -0.05) is 0 Å². The number of aliphatic hydroxyl groups is 3. The minimum atomic E-state index is -2.77. The number of halogens is 2. The summed E-state index contributed by atoms with van der Waals surface area (Å²) in [7, 11) is 0. The molecule has 0 fully saturated rings. The monoisotopic (exact) mass is 385 g/mol. The molecule has 2 aromatic rings. The Balaban J connectivity index is 1.96. The van der Waals surface area contributed by atoms with Crippen molar-refractivity contribution in [2.45, 2.75) is 18.6 Å². The number of thiazole rings is 1. The van der Waals surface area contributed by atoms with Gasteiger partial charge in [0.2, 0.25) is 0 Å². The van der Waals surface area contributed by atoms with Crippen LogP contribution in [0, 0.1) is 0 Å². The normalized spacial score (nSPS) is 15.4. The van der Waals surface area contributed by atoms with Crippen molar-refractivity contribution in [3.8, 4) is 0 Å². The topological polar surface area (TPSA) is 116 Å². The van der Waals surface area contributed by atoms with E-state index in [9.17, 15) is 24.1 Å². The summed E-state index contributed by atoms with van der Waals surface area (Å²) in [6.45, 7) is -3.98. The van der Waals surface area contributed by atoms with Crippen LogP contribution in [-0.2, 0) is 0 Å². The van der Waals surface area contributed by atoms with Crippen LogP contribution in [0.3, 0.4) is 0 Å². The fraction of sp³-hybridized carbons (Fsp3) is 0.400. The van der Waals surface area contributed by atoms with Gasteiger partial charge < -0.3 is 20.6 Å². The lowest BCUT2D eigenvalue weighted by Crippen LogP contribution is -2.42. The Morgan fingerprint density at radius 2 is 2.12 bits per heavy atom. The molecule has 4 N–H and O–H groups in total. The maximum atomic E-state index is 12.8. The van der Waals surface area contributed by atoms with Crippen LogP contribution < -0.4 is 5.32 Å². The number of hydrogen-bond donors (Lipinski definition) is 4. The quantitative estimate of drug-likeness (QED) is 0.555. The zero-order valence-corrected chi connectivity index (χ0v) is 14.3. The first-order valence-corrected chi connectivity index (χ1v) is 8.55. The molecule has 0 amide bonds. The average molecular weight is 385 g/mol. The molecule has 11 heteroatoms. The Morgan fingerprint density at radius 3 is 2.69 bits per heavy atom. The molecule has 0 bridgehead atoms. The number of aliphatic imine (C=N–C) groups is 1. The van der Waals surface area contributed by atoms with Gasteiger partial charge in [-0.3, -0.25) is 4.99 Å². The van der Waals surface area contributed by atoms with Gasteiger partial charge in [-0.05, 0) is 6.07 Å². The molecule has 0 radical (unpaired) electrons. The molecule has 3 rings (SSSR count). The lowest BCUT2D eigenvalue weighted by atomic mass is 9.95. The molecule has 2 aromatic heterocycles. The number of nitrogens with one attached hydrogen (secondary N) is 1. The molecule has 0 aromatic carbocycles. The Bertz CT molecular complexity index is 815. The third-order valence-corrected chi connectivity index (χ3v) is 4.66. The summed E-state index contributed by atoms with van der Waals surface area (Å²) >= 11 is 1.36. The number of alkyl halides is 2. The summed E-state index contributed by atoms with van der Waals surface area (Å²) in [4.78, 5) is 8.53. The van der Waals surface area contributed by atoms with Gasteiger partial charge in [0, 0.05) is 35.5 Å². The zero-order chi connectivity index (χ0) is 18.7. The van der Waals surface area contributed by atoms with Crippen LogP contribution in [0.25, 0.3) is 5.57 Å². The van der Waals surface area contributed by atoms with E-state index in [0.717, 1.165) is 6.20 Å². The van der Waals surface area contributed by atoms with E-state index in [4.69, 9.17) is 0 Å². The highest BCUT2D eigenvalue weighted by molar-refractivity contribution is 7.11. The van der Waals surface area contributed by atoms with Crippen LogP contribution in [0.4, 0.5) is 8.78 Å². The number of rotatable bonds is 7. The predicted molar refractivity (Wildman–Crippen MR) is 90.8 cm³/mol. The molecule has 0 aliphatic carbocycles. The van der Waals surface area contributed by atoms with E-state index in [1.807, 2.05) is 0 Å². The fourth-order valence-electron chi connectivity index (χ4n) is 2.46. The Hall–Kier alpha value is -2.21. The minimum absolute atomic E-state index is 0.129. The summed E-state index contributed by atoms with van der Waals surface area (Å²) in [5, 5.41) is 38.3. The van der Waals surface area contributed by atoms with E-state index in [0.29, 0.717) is 26.8 Å². The summed E-state index contributed by atoms with van der Waals surface area (Å²) < 4.78 is 26.1. The zero-order valence-electron chi connectivity index (χ0n) is 13.5. The van der Waals surface area contributed by atoms with Crippen LogP contribution in [0.1, 0.15) is 23.7 Å². The van der Waals surface area contributed by atoms with E-state index in [-0.39, 0.29) is 18.7 Å². The average Bonchev–Trinajstić information content (AvgIpc) is 3.33. The summed E-state index contributed by atoms with van der Waals surface area (Å²) in [6.07, 6.45) is 2.63. The molecule has 8 nitrogen and oxygen atoms in total. The van der Waals surface area contributed by atoms with Crippen LogP contribution in [-0.4, -0.2) is 61.3 Å². The number of aliphatic hydroxyl groups excluding tert-OH is 2. The number of nitrogens with zero attached hydrogens (tertiary/aromatic N) is 4. The molecule has 1 aliphatic heterocycles. The maximum Gasteiger partial charge on any atom is 0.333 e. The van der Waals surface area contributed by atoms with Crippen LogP contribution >= 0.6 is 11.3 Å². The fourth-order valence-corrected chi connectivity index (χ4v) is 3.06. The van der Waals surface area contributed by atoms with Crippen molar-refractivity contribution in [3.05, 3.63) is 40.2 Å². The van der Waals surface area contributed by atoms with E-state index < -0.39 is 25.4 Å². The molecule has 0 atom stereocenters. The lowest BCUT2D eigenvalue weighted by molar-refractivity contribution is -0.0544. The van der Waals surface area contributed by atoms with Crippen LogP contribution in [0.5, 0.6) is 0 Å². The van der Waals surface area contributed by atoms with Crippen molar-refractivity contribution in [3.63, 3.8) is 0 Å². The summed E-state index contributed by atoms with van der Waals surface area (Å²) in [6, 6.07) is 1.42. The third kappa shape index (κ3) is 3.80. The number of hydrogen-bond acceptors (Lipinski definition) is 8. The van der Waals surface area contributed by atoms with Gasteiger partial charge in [0.1, 0.15) is 5.60 Å². The first kappa shape index (κ1) is 18.6. The summed E-state index contributed by atoms with van der Waals surface area (Å²) in [5.41, 5.74) is -0.585. The molecule has 0 spiro atoms. The molecule has 140 valence electrons. The van der Waals surface area contributed by atoms with Crippen molar-refractivity contribution in [2.24, 2.45) is 4.99 Å². The molecular formula is C15H17F2N5O3S. The van der Waals surface area contributed by atoms with Crippen molar-refractivity contribution in [2.75, 3.05) is 19.8 Å². The minimum Gasteiger partial charge on any atom is -0.393 e. The Labute approximate surface area is 151 Å². The molecule has 26 heavy (non-hydrogen) atoms. The van der Waals surface area contributed by atoms with Gasteiger partial charge in [-0.15, -0.1) is 11.3 Å². The molecule has 0 saturated carbocycles. The maximum absolute atomic E-state index is 12.8. The van der Waals surface area contributed by atoms with Crippen molar-refractivity contribution in [1.82, 2.24) is 20.1 Å². The van der Waals surface area contributed by atoms with Gasteiger partial charge in [0.15, 0.2) is 10.8 Å². The van der Waals surface area contributed by atoms with Crippen molar-refractivity contribution in [1.29, 1.82) is 0 Å². The molecule has 0 saturated heterocycles. The first-order valence-electron chi connectivity index (χ1n) is 7.67. The predicted octanol–water partition coefficient (Wildman–Crippen LogP) is 0.602. The summed E-state index contributed by atoms with van der Waals surface area (Å²) in [5.74, 6) is 0.463. The smallest absolute Gasteiger partial charge is 0.333 e. The lowest BCUT2D eigenvalue weighted by Gasteiger charge is -2.28. The largest absolute Gasteiger partial charge is 0.393 e. The van der Waals surface area contributed by atoms with Crippen molar-refractivity contribution < 1.29 is 24.1 Å². The van der Waals surface area contributed by atoms with Crippen LogP contribution in [0.2, 0.25) is 0 Å². The number of amidine groups is 1. The third-order valence-electron chi connectivity index (χ3n) is 3.88. The Morgan fingerprint density at radius 1 is 1.35 bits per heavy atom. The van der Waals surface area contributed by atoms with E-state index in [2.05, 4.69) is 20.4 Å². The molecule has 1 aliphatic rings. The molecule has 3 heterocycles. The van der Waals surface area contributed by atoms with E-state index in [1.165, 1.54) is 17.4 Å². The Kier molecular flexibility index (Phi) is 5.41. The van der Waals surface area contributed by atoms with Crippen molar-refractivity contribution >= 4 is 22.7 Å². The first-order chi connectivity index (χ1) is 12.5. The molecular weight excluding hydrogens is 368 g/mol. The SMILES string of the molecule is OCC(O)(CO)CC1=C(c2ccn(C(F)F)n2)CN=C(c2nccs2)N1. The second kappa shape index (κ2) is 7.58. The van der Waals surface area contributed by atoms with Crippen LogP contribution in [0.15, 0.2) is 34.5 Å². The highest BCUT2D eigenvalue weighted by atomic mass is 32.1. The number of aromatic nitrogens is 3. The molecule has 0 unspecified atom stereocenters. The second-order valence-corrected chi connectivity index (χ2v) is 6.65. The van der Waals surface area contributed by atoms with Gasteiger partial charge in [0.05, 0.1) is 25.5 Å². The van der Waals surface area contributed by atoms with Gasteiger partial charge in [0.25, 0.3) is 0 Å². The van der Waals surface area contributed by atoms with Gasteiger partial charge in [-0.2, -0.15) is 13.9 Å². The highest BCUT2D eigenvalue weighted by Gasteiger charge is 2.31. The van der Waals surface area contributed by atoms with Gasteiger partial charge >= 0.3 is 6.55 Å². The highest BCUT2D eigenvalue weighted by Crippen LogP contribution is 2.27. The van der Waals surface area contributed by atoms with E-state index in [1.54, 1.807) is 11.6 Å².